The summed E-state index contributed by atoms with van der Waals surface area (Å²) in [5, 5.41) is 16.9. The number of rotatable bonds is 8. The third kappa shape index (κ3) is 5.80. The Balaban J connectivity index is 2.25. The molecule has 0 radical (unpaired) electrons. The molecule has 6 nitrogen and oxygen atoms in total. The number of carbonyl (C=O) groups is 2. The minimum absolute atomic E-state index is 0.0107. The molecule has 0 fully saturated rings. The lowest BCUT2D eigenvalue weighted by molar-refractivity contribution is -0.121. The van der Waals surface area contributed by atoms with E-state index >= 15 is 0 Å². The van der Waals surface area contributed by atoms with Gasteiger partial charge in [-0.25, -0.2) is 9.78 Å². The van der Waals surface area contributed by atoms with Crippen molar-refractivity contribution in [1.29, 1.82) is 0 Å². The van der Waals surface area contributed by atoms with E-state index in [2.05, 4.69) is 15.6 Å². The van der Waals surface area contributed by atoms with Crippen molar-refractivity contribution in [2.24, 2.45) is 0 Å². The predicted molar refractivity (Wildman–Crippen MR) is 73.5 cm³/mol. The van der Waals surface area contributed by atoms with Crippen LogP contribution in [0.5, 0.6) is 0 Å². The van der Waals surface area contributed by atoms with Gasteiger partial charge in [-0.3, -0.25) is 4.79 Å². The summed E-state index contributed by atoms with van der Waals surface area (Å²) in [6.07, 6.45) is 0.991. The molecule has 1 unspecified atom stereocenters. The fourth-order valence-electron chi connectivity index (χ4n) is 1.60. The van der Waals surface area contributed by atoms with Gasteiger partial charge in [-0.2, -0.15) is 0 Å². The van der Waals surface area contributed by atoms with E-state index in [1.807, 2.05) is 13.8 Å². The fraction of sp³-hybridized carbons (Fsp3) is 0.583. The first kappa shape index (κ1) is 15.6. The molecule has 0 aliphatic heterocycles. The minimum atomic E-state index is -1.02. The molecule has 0 aliphatic carbocycles. The van der Waals surface area contributed by atoms with Crippen LogP contribution >= 0.6 is 11.3 Å². The van der Waals surface area contributed by atoms with Gasteiger partial charge in [-0.15, -0.1) is 11.3 Å². The van der Waals surface area contributed by atoms with Gasteiger partial charge in [0.1, 0.15) is 0 Å². The average molecular weight is 285 g/mol. The van der Waals surface area contributed by atoms with Crippen LogP contribution in [0.3, 0.4) is 0 Å². The summed E-state index contributed by atoms with van der Waals surface area (Å²) in [4.78, 5) is 26.2. The summed E-state index contributed by atoms with van der Waals surface area (Å²) in [6, 6.07) is 0.156. The second kappa shape index (κ2) is 7.85. The van der Waals surface area contributed by atoms with Crippen molar-refractivity contribution in [3.63, 3.8) is 0 Å². The Morgan fingerprint density at radius 2 is 2.26 bits per heavy atom. The van der Waals surface area contributed by atoms with E-state index in [0.717, 1.165) is 11.6 Å². The monoisotopic (exact) mass is 285 g/mol. The number of aromatic carboxylic acids is 1. The largest absolute Gasteiger partial charge is 0.476 e. The SMILES string of the molecule is CCNC(C)CC(=O)NCCc1nc(C(=O)O)cs1. The molecule has 0 spiro atoms. The Hall–Kier alpha value is -1.47. The number of hydrogen-bond donors (Lipinski definition) is 3. The molecule has 0 saturated heterocycles. The molecule has 0 aromatic carbocycles. The highest BCUT2D eigenvalue weighted by molar-refractivity contribution is 7.09. The third-order valence-electron chi connectivity index (χ3n) is 2.48. The van der Waals surface area contributed by atoms with Crippen LogP contribution < -0.4 is 10.6 Å². The zero-order valence-corrected chi connectivity index (χ0v) is 11.9. The van der Waals surface area contributed by atoms with Gasteiger partial charge in [-0.1, -0.05) is 6.92 Å². The van der Waals surface area contributed by atoms with Crippen molar-refractivity contribution in [1.82, 2.24) is 15.6 Å². The van der Waals surface area contributed by atoms with Gasteiger partial charge in [0.05, 0.1) is 5.01 Å². The Bertz CT molecular complexity index is 434. The smallest absolute Gasteiger partial charge is 0.355 e. The van der Waals surface area contributed by atoms with Gasteiger partial charge >= 0.3 is 5.97 Å². The lowest BCUT2D eigenvalue weighted by Crippen LogP contribution is -2.34. The topological polar surface area (TPSA) is 91.3 Å². The maximum absolute atomic E-state index is 11.6. The van der Waals surface area contributed by atoms with Crippen LogP contribution in [0.1, 0.15) is 35.8 Å². The van der Waals surface area contributed by atoms with E-state index in [9.17, 15) is 9.59 Å². The molecule has 1 atom stereocenters. The molecule has 1 amide bonds. The normalized spacial score (nSPS) is 12.1. The van der Waals surface area contributed by atoms with E-state index in [1.165, 1.54) is 16.7 Å². The second-order valence-electron chi connectivity index (χ2n) is 4.19. The molecule has 19 heavy (non-hydrogen) atoms. The summed E-state index contributed by atoms with van der Waals surface area (Å²) >= 11 is 1.30. The number of amides is 1. The number of aromatic nitrogens is 1. The molecule has 1 heterocycles. The van der Waals surface area contributed by atoms with Gasteiger partial charge < -0.3 is 15.7 Å². The van der Waals surface area contributed by atoms with E-state index in [-0.39, 0.29) is 17.6 Å². The molecule has 0 saturated carbocycles. The summed E-state index contributed by atoms with van der Waals surface area (Å²) < 4.78 is 0. The highest BCUT2D eigenvalue weighted by Crippen LogP contribution is 2.09. The Labute approximate surface area is 116 Å². The fourth-order valence-corrected chi connectivity index (χ4v) is 2.38. The molecule has 0 aliphatic rings. The third-order valence-corrected chi connectivity index (χ3v) is 3.38. The van der Waals surface area contributed by atoms with Crippen molar-refractivity contribution < 1.29 is 14.7 Å². The number of hydrogen-bond acceptors (Lipinski definition) is 5. The maximum Gasteiger partial charge on any atom is 0.355 e. The Kier molecular flexibility index (Phi) is 6.44. The summed E-state index contributed by atoms with van der Waals surface area (Å²) in [6.45, 7) is 5.27. The quantitative estimate of drug-likeness (QED) is 0.660. The van der Waals surface area contributed by atoms with Crippen molar-refractivity contribution in [2.75, 3.05) is 13.1 Å². The minimum Gasteiger partial charge on any atom is -0.476 e. The first-order valence-corrected chi connectivity index (χ1v) is 7.08. The number of thiazole rings is 1. The lowest BCUT2D eigenvalue weighted by Gasteiger charge is -2.11. The summed E-state index contributed by atoms with van der Waals surface area (Å²) in [5.41, 5.74) is 0.0621. The highest BCUT2D eigenvalue weighted by atomic mass is 32.1. The maximum atomic E-state index is 11.6. The summed E-state index contributed by atoms with van der Waals surface area (Å²) in [7, 11) is 0. The molecule has 7 heteroatoms. The van der Waals surface area contributed by atoms with Crippen molar-refractivity contribution in [3.8, 4) is 0 Å². The Morgan fingerprint density at radius 3 is 2.84 bits per heavy atom. The molecular formula is C12H19N3O3S. The van der Waals surface area contributed by atoms with Gasteiger partial charge in [0.2, 0.25) is 5.91 Å². The van der Waals surface area contributed by atoms with Crippen molar-refractivity contribution in [3.05, 3.63) is 16.1 Å². The first-order valence-electron chi connectivity index (χ1n) is 6.20. The molecule has 0 bridgehead atoms. The number of carbonyl (C=O) groups excluding carboxylic acids is 1. The number of nitrogens with one attached hydrogen (secondary N) is 2. The van der Waals surface area contributed by atoms with Crippen LogP contribution in [-0.4, -0.2) is 41.1 Å². The number of carboxylic acids is 1. The number of nitrogens with zero attached hydrogens (tertiary/aromatic N) is 1. The van der Waals surface area contributed by atoms with Crippen LogP contribution in [0.25, 0.3) is 0 Å². The lowest BCUT2D eigenvalue weighted by atomic mass is 10.2. The highest BCUT2D eigenvalue weighted by Gasteiger charge is 2.10. The van der Waals surface area contributed by atoms with Gasteiger partial charge in [-0.05, 0) is 13.5 Å². The molecule has 106 valence electrons. The van der Waals surface area contributed by atoms with Crippen LogP contribution in [0.15, 0.2) is 5.38 Å². The second-order valence-corrected chi connectivity index (χ2v) is 5.14. The average Bonchev–Trinajstić information content (AvgIpc) is 2.78. The van der Waals surface area contributed by atoms with Gasteiger partial charge in [0.15, 0.2) is 5.69 Å². The van der Waals surface area contributed by atoms with E-state index in [1.54, 1.807) is 0 Å². The van der Waals surface area contributed by atoms with E-state index < -0.39 is 5.97 Å². The van der Waals surface area contributed by atoms with Crippen LogP contribution in [0, 0.1) is 0 Å². The standard InChI is InChI=1S/C12H19N3O3S/c1-3-13-8(2)6-10(16)14-5-4-11-15-9(7-19-11)12(17)18/h7-8,13H,3-6H2,1-2H3,(H,14,16)(H,17,18). The van der Waals surface area contributed by atoms with Gasteiger partial charge in [0.25, 0.3) is 0 Å². The zero-order valence-electron chi connectivity index (χ0n) is 11.1. The van der Waals surface area contributed by atoms with Crippen LogP contribution in [0.4, 0.5) is 0 Å². The predicted octanol–water partition coefficient (Wildman–Crippen LogP) is 0.888. The van der Waals surface area contributed by atoms with Gasteiger partial charge in [0, 0.05) is 30.8 Å². The number of carboxylic acid groups (broad SMARTS) is 1. The molecular weight excluding hydrogens is 266 g/mol. The van der Waals surface area contributed by atoms with E-state index in [4.69, 9.17) is 5.11 Å². The first-order chi connectivity index (χ1) is 9.02. The molecule has 1 aromatic rings. The van der Waals surface area contributed by atoms with Crippen molar-refractivity contribution >= 4 is 23.2 Å². The molecule has 1 rings (SSSR count). The summed E-state index contributed by atoms with van der Waals surface area (Å²) in [5.74, 6) is -1.03. The van der Waals surface area contributed by atoms with Crippen molar-refractivity contribution in [2.45, 2.75) is 32.7 Å². The van der Waals surface area contributed by atoms with E-state index in [0.29, 0.717) is 19.4 Å². The Morgan fingerprint density at radius 1 is 1.53 bits per heavy atom. The molecule has 1 aromatic heterocycles. The van der Waals surface area contributed by atoms with Crippen LogP contribution in [0.2, 0.25) is 0 Å². The molecule has 3 N–H and O–H groups in total. The zero-order chi connectivity index (χ0) is 14.3. The van der Waals surface area contributed by atoms with Crippen LogP contribution in [-0.2, 0) is 11.2 Å².